The van der Waals surface area contributed by atoms with Crippen molar-refractivity contribution in [1.82, 2.24) is 4.98 Å². The largest absolute Gasteiger partial charge is 0.481 e. The number of hydrogen-bond acceptors (Lipinski definition) is 3. The summed E-state index contributed by atoms with van der Waals surface area (Å²) < 4.78 is 0. The van der Waals surface area contributed by atoms with Gasteiger partial charge in [0, 0.05) is 11.8 Å². The standard InChI is InChI=1S/C14H9Cl2NO4/c15-10-3-1-2-8(12(10)16)13-9(14(20)21)4-7(6-17-13)5-11(18)19/h1-4,6H,5H2,(H,18,19)(H,20,21). The van der Waals surface area contributed by atoms with Crippen LogP contribution in [0.25, 0.3) is 11.3 Å². The zero-order valence-electron chi connectivity index (χ0n) is 10.5. The molecule has 0 unspecified atom stereocenters. The normalized spacial score (nSPS) is 10.4. The highest BCUT2D eigenvalue weighted by Crippen LogP contribution is 2.34. The van der Waals surface area contributed by atoms with Crippen molar-refractivity contribution in [3.8, 4) is 11.3 Å². The number of aromatic nitrogens is 1. The molecular weight excluding hydrogens is 317 g/mol. The molecule has 5 nitrogen and oxygen atoms in total. The van der Waals surface area contributed by atoms with Crippen LogP contribution in [0.1, 0.15) is 15.9 Å². The molecule has 1 aromatic carbocycles. The molecule has 0 atom stereocenters. The SMILES string of the molecule is O=C(O)Cc1cnc(-c2cccc(Cl)c2Cl)c(C(=O)O)c1. The second-order valence-electron chi connectivity index (χ2n) is 4.22. The van der Waals surface area contributed by atoms with E-state index in [-0.39, 0.29) is 27.7 Å². The number of hydrogen-bond donors (Lipinski definition) is 2. The lowest BCUT2D eigenvalue weighted by molar-refractivity contribution is -0.136. The third-order valence-electron chi connectivity index (χ3n) is 2.74. The van der Waals surface area contributed by atoms with Gasteiger partial charge < -0.3 is 10.2 Å². The minimum Gasteiger partial charge on any atom is -0.481 e. The van der Waals surface area contributed by atoms with E-state index in [0.29, 0.717) is 11.1 Å². The second kappa shape index (κ2) is 6.11. The van der Waals surface area contributed by atoms with Crippen LogP contribution in [-0.2, 0) is 11.2 Å². The fourth-order valence-electron chi connectivity index (χ4n) is 1.84. The summed E-state index contributed by atoms with van der Waals surface area (Å²) >= 11 is 12.0. The van der Waals surface area contributed by atoms with Gasteiger partial charge in [-0.3, -0.25) is 9.78 Å². The van der Waals surface area contributed by atoms with Crippen molar-refractivity contribution >= 4 is 35.1 Å². The van der Waals surface area contributed by atoms with Crippen LogP contribution in [0.3, 0.4) is 0 Å². The Bertz CT molecular complexity index is 731. The first-order chi connectivity index (χ1) is 9.90. The third kappa shape index (κ3) is 3.32. The Hall–Kier alpha value is -2.11. The number of carboxylic acid groups (broad SMARTS) is 2. The van der Waals surface area contributed by atoms with E-state index >= 15 is 0 Å². The summed E-state index contributed by atoms with van der Waals surface area (Å²) in [6, 6.07) is 6.07. The second-order valence-corrected chi connectivity index (χ2v) is 5.00. The van der Waals surface area contributed by atoms with Crippen molar-refractivity contribution in [2.24, 2.45) is 0 Å². The van der Waals surface area contributed by atoms with Gasteiger partial charge in [0.25, 0.3) is 0 Å². The van der Waals surface area contributed by atoms with E-state index < -0.39 is 11.9 Å². The molecule has 2 aromatic rings. The molecule has 21 heavy (non-hydrogen) atoms. The van der Waals surface area contributed by atoms with Crippen LogP contribution in [-0.4, -0.2) is 27.1 Å². The summed E-state index contributed by atoms with van der Waals surface area (Å²) in [4.78, 5) is 26.1. The van der Waals surface area contributed by atoms with Gasteiger partial charge in [-0.15, -0.1) is 0 Å². The number of benzene rings is 1. The highest BCUT2D eigenvalue weighted by atomic mass is 35.5. The number of aromatic carboxylic acids is 1. The van der Waals surface area contributed by atoms with E-state index in [4.69, 9.17) is 28.3 Å². The number of nitrogens with zero attached hydrogens (tertiary/aromatic N) is 1. The molecule has 1 heterocycles. The molecule has 2 rings (SSSR count). The van der Waals surface area contributed by atoms with Crippen LogP contribution in [0.15, 0.2) is 30.5 Å². The highest BCUT2D eigenvalue weighted by Gasteiger charge is 2.18. The van der Waals surface area contributed by atoms with Gasteiger partial charge in [-0.25, -0.2) is 4.79 Å². The number of rotatable bonds is 4. The average molecular weight is 326 g/mol. The van der Waals surface area contributed by atoms with Crippen LogP contribution >= 0.6 is 23.2 Å². The predicted molar refractivity (Wildman–Crippen MR) is 78.0 cm³/mol. The van der Waals surface area contributed by atoms with Gasteiger partial charge in [0.15, 0.2) is 0 Å². The van der Waals surface area contributed by atoms with Crippen LogP contribution < -0.4 is 0 Å². The molecule has 2 N–H and O–H groups in total. The molecule has 0 saturated heterocycles. The first-order valence-electron chi connectivity index (χ1n) is 5.78. The Morgan fingerprint density at radius 1 is 1.19 bits per heavy atom. The van der Waals surface area contributed by atoms with Gasteiger partial charge in [-0.05, 0) is 17.7 Å². The highest BCUT2D eigenvalue weighted by molar-refractivity contribution is 6.43. The Morgan fingerprint density at radius 2 is 1.90 bits per heavy atom. The summed E-state index contributed by atoms with van der Waals surface area (Å²) in [6.07, 6.45) is 1.00. The summed E-state index contributed by atoms with van der Waals surface area (Å²) in [5, 5.41) is 18.5. The van der Waals surface area contributed by atoms with E-state index in [1.54, 1.807) is 18.2 Å². The van der Waals surface area contributed by atoms with Crippen LogP contribution in [0, 0.1) is 0 Å². The lowest BCUT2D eigenvalue weighted by Crippen LogP contribution is -2.06. The lowest BCUT2D eigenvalue weighted by atomic mass is 10.0. The summed E-state index contributed by atoms with van der Waals surface area (Å²) in [5.41, 5.74) is 0.687. The topological polar surface area (TPSA) is 87.5 Å². The predicted octanol–water partition coefficient (Wildman–Crippen LogP) is 3.38. The Balaban J connectivity index is 2.61. The number of halogens is 2. The maximum Gasteiger partial charge on any atom is 0.337 e. The molecule has 0 saturated carbocycles. The van der Waals surface area contributed by atoms with Crippen molar-refractivity contribution in [2.75, 3.05) is 0 Å². The molecule has 0 fully saturated rings. The van der Waals surface area contributed by atoms with E-state index in [1.807, 2.05) is 0 Å². The molecule has 0 bridgehead atoms. The first kappa shape index (κ1) is 15.3. The van der Waals surface area contributed by atoms with Gasteiger partial charge in [0.2, 0.25) is 0 Å². The molecule has 0 amide bonds. The third-order valence-corrected chi connectivity index (χ3v) is 3.56. The number of pyridine rings is 1. The van der Waals surface area contributed by atoms with Gasteiger partial charge >= 0.3 is 11.9 Å². The minimum absolute atomic E-state index is 0.127. The minimum atomic E-state index is -1.22. The van der Waals surface area contributed by atoms with Gasteiger partial charge in [0.05, 0.1) is 27.7 Å². The van der Waals surface area contributed by atoms with Gasteiger partial charge in [0.1, 0.15) is 0 Å². The molecule has 108 valence electrons. The number of aliphatic carboxylic acids is 1. The monoisotopic (exact) mass is 325 g/mol. The van der Waals surface area contributed by atoms with E-state index in [1.165, 1.54) is 12.3 Å². The maximum absolute atomic E-state index is 11.4. The van der Waals surface area contributed by atoms with Crippen LogP contribution in [0.5, 0.6) is 0 Å². The molecule has 0 aliphatic carbocycles. The van der Waals surface area contributed by atoms with Gasteiger partial charge in [-0.1, -0.05) is 35.3 Å². The fourth-order valence-corrected chi connectivity index (χ4v) is 2.23. The first-order valence-corrected chi connectivity index (χ1v) is 6.54. The molecule has 0 radical (unpaired) electrons. The van der Waals surface area contributed by atoms with Crippen LogP contribution in [0.4, 0.5) is 0 Å². The average Bonchev–Trinajstić information content (AvgIpc) is 2.41. The summed E-state index contributed by atoms with van der Waals surface area (Å²) in [5.74, 6) is -2.29. The maximum atomic E-state index is 11.4. The molecular formula is C14H9Cl2NO4. The summed E-state index contributed by atoms with van der Waals surface area (Å²) in [6.45, 7) is 0. The van der Waals surface area contributed by atoms with Crippen molar-refractivity contribution in [3.63, 3.8) is 0 Å². The Labute approximate surface area is 129 Å². The number of carboxylic acids is 2. The molecule has 0 spiro atoms. The smallest absolute Gasteiger partial charge is 0.337 e. The molecule has 1 aromatic heterocycles. The van der Waals surface area contributed by atoms with Crippen molar-refractivity contribution in [3.05, 3.63) is 51.6 Å². The molecule has 0 aliphatic heterocycles. The van der Waals surface area contributed by atoms with Gasteiger partial charge in [-0.2, -0.15) is 0 Å². The van der Waals surface area contributed by atoms with E-state index in [9.17, 15) is 14.7 Å². The quantitative estimate of drug-likeness (QED) is 0.899. The Kier molecular flexibility index (Phi) is 4.45. The number of carbonyl (C=O) groups is 2. The Morgan fingerprint density at radius 3 is 2.52 bits per heavy atom. The zero-order chi connectivity index (χ0) is 15.6. The van der Waals surface area contributed by atoms with Crippen molar-refractivity contribution in [1.29, 1.82) is 0 Å². The molecule has 0 aliphatic rings. The summed E-state index contributed by atoms with van der Waals surface area (Å²) in [7, 11) is 0. The lowest BCUT2D eigenvalue weighted by Gasteiger charge is -2.09. The fraction of sp³-hybridized carbons (Fsp3) is 0.0714. The molecule has 7 heteroatoms. The van der Waals surface area contributed by atoms with Crippen molar-refractivity contribution < 1.29 is 19.8 Å². The van der Waals surface area contributed by atoms with Crippen LogP contribution in [0.2, 0.25) is 10.0 Å². The van der Waals surface area contributed by atoms with Crippen molar-refractivity contribution in [2.45, 2.75) is 6.42 Å². The van der Waals surface area contributed by atoms with E-state index in [0.717, 1.165) is 0 Å². The zero-order valence-corrected chi connectivity index (χ0v) is 12.0. The van der Waals surface area contributed by atoms with E-state index in [2.05, 4.69) is 4.98 Å².